The van der Waals surface area contributed by atoms with Crippen LogP contribution in [0.25, 0.3) is 0 Å². The predicted octanol–water partition coefficient (Wildman–Crippen LogP) is 5.60. The van der Waals surface area contributed by atoms with E-state index in [1.54, 1.807) is 24.3 Å². The van der Waals surface area contributed by atoms with Gasteiger partial charge in [-0.2, -0.15) is 0 Å². The SMILES string of the molecule is Cc1conc1CSN1CC(C(=O)NC(c2c(F)ccc(C)c2Cl)C2(C)CCCC2)C1. The molecule has 4 rings (SSSR count). The molecule has 1 aromatic heterocycles. The van der Waals surface area contributed by atoms with E-state index in [0.717, 1.165) is 48.3 Å². The summed E-state index contributed by atoms with van der Waals surface area (Å²) in [6, 6.07) is 2.73. The number of hydrogen-bond acceptors (Lipinski definition) is 5. The molecule has 0 spiro atoms. The van der Waals surface area contributed by atoms with Crippen molar-refractivity contribution in [1.82, 2.24) is 14.8 Å². The number of aromatic nitrogens is 1. The first-order valence-corrected chi connectivity index (χ1v) is 12.1. The maximum Gasteiger partial charge on any atom is 0.226 e. The maximum absolute atomic E-state index is 14.9. The number of benzene rings is 1. The topological polar surface area (TPSA) is 58.4 Å². The third kappa shape index (κ3) is 4.64. The zero-order valence-electron chi connectivity index (χ0n) is 18.2. The van der Waals surface area contributed by atoms with Crippen LogP contribution in [0, 0.1) is 31.0 Å². The van der Waals surface area contributed by atoms with E-state index < -0.39 is 6.04 Å². The van der Waals surface area contributed by atoms with E-state index in [0.29, 0.717) is 23.7 Å². The first-order chi connectivity index (χ1) is 14.8. The molecule has 1 saturated carbocycles. The number of amides is 1. The van der Waals surface area contributed by atoms with Gasteiger partial charge in [-0.3, -0.25) is 4.79 Å². The number of hydrogen-bond donors (Lipinski definition) is 1. The Kier molecular flexibility index (Phi) is 6.65. The van der Waals surface area contributed by atoms with Crippen molar-refractivity contribution in [3.05, 3.63) is 51.6 Å². The van der Waals surface area contributed by atoms with Gasteiger partial charge in [0.15, 0.2) is 0 Å². The molecule has 1 aliphatic heterocycles. The van der Waals surface area contributed by atoms with E-state index in [9.17, 15) is 9.18 Å². The van der Waals surface area contributed by atoms with E-state index in [2.05, 4.69) is 21.7 Å². The van der Waals surface area contributed by atoms with Crippen LogP contribution in [-0.2, 0) is 10.5 Å². The average molecular weight is 466 g/mol. The second-order valence-corrected chi connectivity index (χ2v) is 10.6. The van der Waals surface area contributed by atoms with Gasteiger partial charge in [-0.15, -0.1) is 0 Å². The van der Waals surface area contributed by atoms with Crippen LogP contribution in [0.4, 0.5) is 4.39 Å². The number of aryl methyl sites for hydroxylation is 2. The summed E-state index contributed by atoms with van der Waals surface area (Å²) in [5.74, 6) is 0.249. The lowest BCUT2D eigenvalue weighted by atomic mass is 9.76. The van der Waals surface area contributed by atoms with E-state index >= 15 is 0 Å². The monoisotopic (exact) mass is 465 g/mol. The molecule has 2 heterocycles. The molecule has 8 heteroatoms. The highest BCUT2D eigenvalue weighted by Crippen LogP contribution is 2.49. The van der Waals surface area contributed by atoms with Crippen molar-refractivity contribution in [3.63, 3.8) is 0 Å². The van der Waals surface area contributed by atoms with Crippen LogP contribution in [0.15, 0.2) is 22.9 Å². The minimum absolute atomic E-state index is 0.0236. The fraction of sp³-hybridized carbons (Fsp3) is 0.565. The van der Waals surface area contributed by atoms with Gasteiger partial charge in [0, 0.05) is 24.2 Å². The Hall–Kier alpha value is -1.57. The quantitative estimate of drug-likeness (QED) is 0.539. The Morgan fingerprint density at radius 3 is 2.71 bits per heavy atom. The molecular weight excluding hydrogens is 437 g/mol. The second-order valence-electron chi connectivity index (χ2n) is 9.16. The number of carbonyl (C=O) groups is 1. The molecule has 1 aromatic carbocycles. The third-order valence-corrected chi connectivity index (χ3v) is 8.36. The van der Waals surface area contributed by atoms with Gasteiger partial charge in [-0.05, 0) is 43.7 Å². The second kappa shape index (κ2) is 9.12. The van der Waals surface area contributed by atoms with Crippen molar-refractivity contribution >= 4 is 29.5 Å². The van der Waals surface area contributed by atoms with Crippen LogP contribution in [0.5, 0.6) is 0 Å². The minimum atomic E-state index is -0.422. The molecule has 1 saturated heterocycles. The summed E-state index contributed by atoms with van der Waals surface area (Å²) >= 11 is 8.21. The molecule has 2 fully saturated rings. The van der Waals surface area contributed by atoms with Crippen molar-refractivity contribution in [3.8, 4) is 0 Å². The molecule has 31 heavy (non-hydrogen) atoms. The minimum Gasteiger partial charge on any atom is -0.364 e. The number of rotatable bonds is 7. The Morgan fingerprint density at radius 2 is 2.06 bits per heavy atom. The van der Waals surface area contributed by atoms with Crippen LogP contribution in [0.3, 0.4) is 0 Å². The highest BCUT2D eigenvalue weighted by molar-refractivity contribution is 7.96. The molecule has 0 bridgehead atoms. The fourth-order valence-electron chi connectivity index (χ4n) is 4.58. The van der Waals surface area contributed by atoms with Crippen molar-refractivity contribution < 1.29 is 13.7 Å². The van der Waals surface area contributed by atoms with Crippen LogP contribution in [-0.4, -0.2) is 28.5 Å². The smallest absolute Gasteiger partial charge is 0.226 e. The zero-order chi connectivity index (χ0) is 22.2. The van der Waals surface area contributed by atoms with E-state index in [1.807, 2.05) is 13.8 Å². The summed E-state index contributed by atoms with van der Waals surface area (Å²) in [6.45, 7) is 7.32. The van der Waals surface area contributed by atoms with E-state index in [4.69, 9.17) is 16.1 Å². The summed E-state index contributed by atoms with van der Waals surface area (Å²) in [4.78, 5) is 13.1. The lowest BCUT2D eigenvalue weighted by molar-refractivity contribution is -0.129. The number of nitrogens with zero attached hydrogens (tertiary/aromatic N) is 2. The van der Waals surface area contributed by atoms with Gasteiger partial charge in [-0.1, -0.05) is 54.5 Å². The van der Waals surface area contributed by atoms with Crippen molar-refractivity contribution in [2.24, 2.45) is 11.3 Å². The molecule has 2 aliphatic rings. The number of halogens is 2. The lowest BCUT2D eigenvalue weighted by Gasteiger charge is -2.41. The third-order valence-electron chi connectivity index (χ3n) is 6.79. The maximum atomic E-state index is 14.9. The molecule has 2 aromatic rings. The Labute approximate surface area is 192 Å². The molecule has 1 N–H and O–H groups in total. The highest BCUT2D eigenvalue weighted by Gasteiger charge is 2.43. The number of nitrogens with one attached hydrogen (secondary N) is 1. The first-order valence-electron chi connectivity index (χ1n) is 10.8. The predicted molar refractivity (Wildman–Crippen MR) is 121 cm³/mol. The Morgan fingerprint density at radius 1 is 1.35 bits per heavy atom. The molecule has 0 radical (unpaired) electrons. The van der Waals surface area contributed by atoms with E-state index in [1.165, 1.54) is 6.07 Å². The van der Waals surface area contributed by atoms with Gasteiger partial charge >= 0.3 is 0 Å². The van der Waals surface area contributed by atoms with Gasteiger partial charge in [-0.25, -0.2) is 8.70 Å². The highest BCUT2D eigenvalue weighted by atomic mass is 35.5. The van der Waals surface area contributed by atoms with Gasteiger partial charge in [0.1, 0.15) is 12.1 Å². The van der Waals surface area contributed by atoms with Crippen LogP contribution in [0.2, 0.25) is 5.02 Å². The van der Waals surface area contributed by atoms with Gasteiger partial charge in [0.05, 0.1) is 28.4 Å². The van der Waals surface area contributed by atoms with Gasteiger partial charge in [0.2, 0.25) is 5.91 Å². The molecule has 1 atom stereocenters. The van der Waals surface area contributed by atoms with Crippen LogP contribution < -0.4 is 5.32 Å². The summed E-state index contributed by atoms with van der Waals surface area (Å²) in [7, 11) is 0. The van der Waals surface area contributed by atoms with Gasteiger partial charge < -0.3 is 9.84 Å². The van der Waals surface area contributed by atoms with Crippen molar-refractivity contribution in [2.45, 2.75) is 58.2 Å². The molecule has 5 nitrogen and oxygen atoms in total. The first kappa shape index (κ1) is 22.6. The Balaban J connectivity index is 1.43. The molecular formula is C23H29ClFN3O2S. The Bertz CT molecular complexity index is 954. The normalized spacial score (nSPS) is 19.9. The summed E-state index contributed by atoms with van der Waals surface area (Å²) in [5.41, 5.74) is 3.03. The van der Waals surface area contributed by atoms with Crippen molar-refractivity contribution in [1.29, 1.82) is 0 Å². The summed E-state index contributed by atoms with van der Waals surface area (Å²) in [6.07, 6.45) is 5.71. The van der Waals surface area contributed by atoms with Crippen molar-refractivity contribution in [2.75, 3.05) is 13.1 Å². The lowest BCUT2D eigenvalue weighted by Crippen LogP contribution is -2.52. The average Bonchev–Trinajstić information content (AvgIpc) is 3.32. The standard InChI is InChI=1S/C23H29ClFN3O2S/c1-14-6-7-17(25)19(20(14)24)21(23(3)8-4-5-9-23)26-22(29)16-10-28(11-16)31-13-18-15(2)12-30-27-18/h6-7,12,16,21H,4-5,8-11,13H2,1-3H3,(H,26,29). The summed E-state index contributed by atoms with van der Waals surface area (Å²) in [5, 5.41) is 7.62. The van der Waals surface area contributed by atoms with E-state index in [-0.39, 0.29) is 23.1 Å². The van der Waals surface area contributed by atoms with Gasteiger partial charge in [0.25, 0.3) is 0 Å². The number of carbonyl (C=O) groups excluding carboxylic acids is 1. The molecule has 1 aliphatic carbocycles. The summed E-state index contributed by atoms with van der Waals surface area (Å²) < 4.78 is 22.1. The largest absolute Gasteiger partial charge is 0.364 e. The molecule has 1 unspecified atom stereocenters. The zero-order valence-corrected chi connectivity index (χ0v) is 19.8. The molecule has 1 amide bonds. The van der Waals surface area contributed by atoms with Crippen LogP contribution >= 0.6 is 23.5 Å². The fourth-order valence-corrected chi connectivity index (χ4v) is 6.00. The molecule has 168 valence electrons. The van der Waals surface area contributed by atoms with Crippen LogP contribution in [0.1, 0.15) is 61.0 Å².